The first-order valence-electron chi connectivity index (χ1n) is 10.8. The summed E-state index contributed by atoms with van der Waals surface area (Å²) in [5.74, 6) is -0.105. The first kappa shape index (κ1) is 23.2. The van der Waals surface area contributed by atoms with Gasteiger partial charge in [0.2, 0.25) is 0 Å². The monoisotopic (exact) mass is 476 g/mol. The van der Waals surface area contributed by atoms with Crippen molar-refractivity contribution in [1.82, 2.24) is 9.97 Å². The summed E-state index contributed by atoms with van der Waals surface area (Å²) >= 11 is 0. The van der Waals surface area contributed by atoms with E-state index < -0.39 is 16.0 Å². The van der Waals surface area contributed by atoms with Crippen molar-refractivity contribution in [3.05, 3.63) is 83.9 Å². The molecule has 0 saturated heterocycles. The molecule has 0 fully saturated rings. The van der Waals surface area contributed by atoms with E-state index >= 15 is 0 Å². The van der Waals surface area contributed by atoms with Crippen molar-refractivity contribution in [2.45, 2.75) is 25.2 Å². The fourth-order valence-corrected chi connectivity index (χ4v) is 4.18. The minimum Gasteiger partial charge on any atom is -0.462 e. The van der Waals surface area contributed by atoms with Gasteiger partial charge >= 0.3 is 5.97 Å². The number of sulfonamides is 1. The first-order chi connectivity index (χ1) is 16.4. The van der Waals surface area contributed by atoms with E-state index in [1.54, 1.807) is 54.6 Å². The number of para-hydroxylation sites is 2. The Bertz CT molecular complexity index is 1420. The maximum absolute atomic E-state index is 13.0. The third-order valence-corrected chi connectivity index (χ3v) is 6.31. The Morgan fingerprint density at radius 3 is 2.12 bits per heavy atom. The highest BCUT2D eigenvalue weighted by molar-refractivity contribution is 7.92. The number of benzene rings is 3. The zero-order valence-corrected chi connectivity index (χ0v) is 19.6. The van der Waals surface area contributed by atoms with Crippen molar-refractivity contribution in [2.75, 3.05) is 16.6 Å². The topological polar surface area (TPSA) is 110 Å². The number of anilines is 3. The Morgan fingerprint density at radius 1 is 0.882 bits per heavy atom. The molecule has 0 aliphatic heterocycles. The van der Waals surface area contributed by atoms with Crippen molar-refractivity contribution < 1.29 is 17.9 Å². The van der Waals surface area contributed by atoms with Crippen LogP contribution in [0.4, 0.5) is 17.3 Å². The quantitative estimate of drug-likeness (QED) is 0.342. The Labute approximate surface area is 198 Å². The molecule has 8 nitrogen and oxygen atoms in total. The molecule has 1 aromatic heterocycles. The summed E-state index contributed by atoms with van der Waals surface area (Å²) in [4.78, 5) is 21.2. The molecule has 4 rings (SSSR count). The molecule has 0 saturated carbocycles. The first-order valence-corrected chi connectivity index (χ1v) is 12.2. The van der Waals surface area contributed by atoms with Crippen LogP contribution in [0.1, 0.15) is 29.3 Å². The molecule has 3 aromatic carbocycles. The largest absolute Gasteiger partial charge is 0.462 e. The van der Waals surface area contributed by atoms with Gasteiger partial charge in [0.05, 0.1) is 28.1 Å². The van der Waals surface area contributed by atoms with Crippen LogP contribution in [0.5, 0.6) is 0 Å². The van der Waals surface area contributed by atoms with Gasteiger partial charge in [-0.2, -0.15) is 0 Å². The fraction of sp³-hybridized carbons (Fsp3) is 0.160. The van der Waals surface area contributed by atoms with E-state index in [4.69, 9.17) is 4.74 Å². The Kier molecular flexibility index (Phi) is 6.74. The maximum Gasteiger partial charge on any atom is 0.338 e. The third kappa shape index (κ3) is 5.32. The Morgan fingerprint density at radius 2 is 1.50 bits per heavy atom. The summed E-state index contributed by atoms with van der Waals surface area (Å²) in [6, 6.07) is 20.4. The molecular formula is C25H24N4O4S. The molecule has 0 radical (unpaired) electrons. The normalized spacial score (nSPS) is 11.2. The standard InChI is InChI=1S/C25H24N4O4S/c1-3-16-33-25(30)18-10-12-19(13-11-18)26-23-24(28-22-7-5-4-6-21(22)27-23)29-34(31,32)20-14-8-17(2)9-15-20/h4-15H,3,16H2,1-2H3,(H,26,27)(H,28,29). The number of fused-ring (bicyclic) bond motifs is 1. The van der Waals surface area contributed by atoms with Crippen LogP contribution in [0.25, 0.3) is 11.0 Å². The number of esters is 1. The SMILES string of the molecule is CCCOC(=O)c1ccc(Nc2nc3ccccc3nc2NS(=O)(=O)c2ccc(C)cc2)cc1. The molecule has 4 aromatic rings. The molecule has 1 heterocycles. The molecule has 34 heavy (non-hydrogen) atoms. The average molecular weight is 477 g/mol. The molecule has 0 bridgehead atoms. The van der Waals surface area contributed by atoms with Gasteiger partial charge in [0.25, 0.3) is 10.0 Å². The van der Waals surface area contributed by atoms with Crippen molar-refractivity contribution in [3.63, 3.8) is 0 Å². The zero-order chi connectivity index (χ0) is 24.1. The predicted molar refractivity (Wildman–Crippen MR) is 132 cm³/mol. The van der Waals surface area contributed by atoms with E-state index in [9.17, 15) is 13.2 Å². The molecule has 0 aliphatic carbocycles. The van der Waals surface area contributed by atoms with Crippen LogP contribution in [-0.2, 0) is 14.8 Å². The Balaban J connectivity index is 1.66. The maximum atomic E-state index is 13.0. The zero-order valence-electron chi connectivity index (χ0n) is 18.8. The number of hydrogen-bond acceptors (Lipinski definition) is 7. The second-order valence-electron chi connectivity index (χ2n) is 7.67. The van der Waals surface area contributed by atoms with E-state index in [1.807, 2.05) is 19.9 Å². The highest BCUT2D eigenvalue weighted by Gasteiger charge is 2.19. The molecule has 0 amide bonds. The van der Waals surface area contributed by atoms with Crippen LogP contribution in [-0.4, -0.2) is 31.0 Å². The van der Waals surface area contributed by atoms with Crippen molar-refractivity contribution >= 4 is 44.3 Å². The van der Waals surface area contributed by atoms with E-state index in [0.717, 1.165) is 12.0 Å². The number of nitrogens with zero attached hydrogens (tertiary/aromatic N) is 2. The molecule has 0 spiro atoms. The third-order valence-electron chi connectivity index (χ3n) is 4.95. The van der Waals surface area contributed by atoms with Gasteiger partial charge in [-0.15, -0.1) is 0 Å². The summed E-state index contributed by atoms with van der Waals surface area (Å²) in [5.41, 5.74) is 3.12. The number of carbonyl (C=O) groups excluding carboxylic acids is 1. The number of aromatic nitrogens is 2. The molecule has 0 unspecified atom stereocenters. The van der Waals surface area contributed by atoms with Crippen LogP contribution in [0, 0.1) is 6.92 Å². The highest BCUT2D eigenvalue weighted by atomic mass is 32.2. The number of nitrogens with one attached hydrogen (secondary N) is 2. The predicted octanol–water partition coefficient (Wildman–Crippen LogP) is 5.05. The van der Waals surface area contributed by atoms with Gasteiger partial charge in [-0.3, -0.25) is 4.72 Å². The summed E-state index contributed by atoms with van der Waals surface area (Å²) in [6.07, 6.45) is 0.743. The number of aryl methyl sites for hydroxylation is 1. The van der Waals surface area contributed by atoms with Crippen molar-refractivity contribution in [2.24, 2.45) is 0 Å². The van der Waals surface area contributed by atoms with Gasteiger partial charge in [-0.1, -0.05) is 36.8 Å². The lowest BCUT2D eigenvalue weighted by atomic mass is 10.2. The number of carbonyl (C=O) groups is 1. The smallest absolute Gasteiger partial charge is 0.338 e. The van der Waals surface area contributed by atoms with E-state index in [-0.39, 0.29) is 16.5 Å². The van der Waals surface area contributed by atoms with Crippen LogP contribution in [0.3, 0.4) is 0 Å². The molecule has 9 heteroatoms. The van der Waals surface area contributed by atoms with E-state index in [0.29, 0.717) is 28.9 Å². The molecule has 0 atom stereocenters. The minimum absolute atomic E-state index is 0.0608. The van der Waals surface area contributed by atoms with Crippen LogP contribution in [0.15, 0.2) is 77.7 Å². The number of hydrogen-bond donors (Lipinski definition) is 2. The lowest BCUT2D eigenvalue weighted by Crippen LogP contribution is -2.16. The lowest BCUT2D eigenvalue weighted by Gasteiger charge is -2.14. The van der Waals surface area contributed by atoms with Gasteiger partial charge in [-0.25, -0.2) is 23.2 Å². The number of ether oxygens (including phenoxy) is 1. The Hall–Kier alpha value is -3.98. The van der Waals surface area contributed by atoms with Crippen LogP contribution < -0.4 is 10.0 Å². The summed E-state index contributed by atoms with van der Waals surface area (Å²) in [6.45, 7) is 4.17. The number of rotatable bonds is 8. The van der Waals surface area contributed by atoms with Gasteiger partial charge in [0.1, 0.15) is 0 Å². The molecule has 174 valence electrons. The minimum atomic E-state index is -3.89. The van der Waals surface area contributed by atoms with E-state index in [1.165, 1.54) is 12.1 Å². The molecule has 0 aliphatic rings. The lowest BCUT2D eigenvalue weighted by molar-refractivity contribution is 0.0505. The van der Waals surface area contributed by atoms with Gasteiger partial charge in [0.15, 0.2) is 11.6 Å². The van der Waals surface area contributed by atoms with Crippen molar-refractivity contribution in [1.29, 1.82) is 0 Å². The second-order valence-corrected chi connectivity index (χ2v) is 9.35. The average Bonchev–Trinajstić information content (AvgIpc) is 2.83. The second kappa shape index (κ2) is 9.88. The van der Waals surface area contributed by atoms with E-state index in [2.05, 4.69) is 20.0 Å². The van der Waals surface area contributed by atoms with Crippen LogP contribution >= 0.6 is 0 Å². The fourth-order valence-electron chi connectivity index (χ4n) is 3.17. The highest BCUT2D eigenvalue weighted by Crippen LogP contribution is 2.27. The van der Waals surface area contributed by atoms with Gasteiger partial charge in [-0.05, 0) is 61.9 Å². The summed E-state index contributed by atoms with van der Waals surface area (Å²) in [5, 5.41) is 3.10. The summed E-state index contributed by atoms with van der Waals surface area (Å²) in [7, 11) is -3.89. The van der Waals surface area contributed by atoms with Crippen molar-refractivity contribution in [3.8, 4) is 0 Å². The van der Waals surface area contributed by atoms with Gasteiger partial charge in [0, 0.05) is 5.69 Å². The molecule has 2 N–H and O–H groups in total. The van der Waals surface area contributed by atoms with Gasteiger partial charge < -0.3 is 10.1 Å². The molecular weight excluding hydrogens is 452 g/mol. The summed E-state index contributed by atoms with van der Waals surface area (Å²) < 4.78 is 33.7. The van der Waals surface area contributed by atoms with Crippen LogP contribution in [0.2, 0.25) is 0 Å².